The second kappa shape index (κ2) is 8.22. The van der Waals surface area contributed by atoms with Crippen LogP contribution in [0.2, 0.25) is 0 Å². The van der Waals surface area contributed by atoms with E-state index in [0.717, 1.165) is 44.2 Å². The average molecular weight is 272 g/mol. The van der Waals surface area contributed by atoms with Gasteiger partial charge in [0.05, 0.1) is 13.2 Å². The van der Waals surface area contributed by atoms with E-state index in [4.69, 9.17) is 9.47 Å². The fourth-order valence-corrected chi connectivity index (χ4v) is 1.92. The van der Waals surface area contributed by atoms with Crippen molar-refractivity contribution in [1.82, 2.24) is 5.32 Å². The van der Waals surface area contributed by atoms with E-state index in [9.17, 15) is 0 Å². The van der Waals surface area contributed by atoms with Gasteiger partial charge in [-0.2, -0.15) is 0 Å². The van der Waals surface area contributed by atoms with Gasteiger partial charge in [-0.15, -0.1) is 12.4 Å². The van der Waals surface area contributed by atoms with E-state index < -0.39 is 0 Å². The van der Waals surface area contributed by atoms with Crippen molar-refractivity contribution in [2.24, 2.45) is 5.92 Å². The van der Waals surface area contributed by atoms with Crippen LogP contribution in [0.5, 0.6) is 11.5 Å². The molecule has 0 saturated carbocycles. The molecule has 1 aromatic carbocycles. The molecule has 1 heterocycles. The molecule has 1 fully saturated rings. The van der Waals surface area contributed by atoms with Gasteiger partial charge in [-0.25, -0.2) is 0 Å². The third-order valence-electron chi connectivity index (χ3n) is 2.94. The molecule has 0 bridgehead atoms. The zero-order valence-electron chi connectivity index (χ0n) is 10.9. The minimum absolute atomic E-state index is 0. The van der Waals surface area contributed by atoms with Gasteiger partial charge < -0.3 is 14.8 Å². The van der Waals surface area contributed by atoms with Gasteiger partial charge >= 0.3 is 0 Å². The predicted molar refractivity (Wildman–Crippen MR) is 75.9 cm³/mol. The number of hydrogen-bond donors (Lipinski definition) is 1. The standard InChI is InChI=1S/C14H21NO2.ClH/c1-2-9-16-13-3-5-14(6-4-13)17-11-12-7-8-15-10-12;/h3-6,12,15H,2,7-11H2,1H3;1H. The van der Waals surface area contributed by atoms with Crippen molar-refractivity contribution in [1.29, 1.82) is 0 Å². The molecule has 1 saturated heterocycles. The van der Waals surface area contributed by atoms with Gasteiger partial charge in [0.25, 0.3) is 0 Å². The van der Waals surface area contributed by atoms with Crippen LogP contribution >= 0.6 is 12.4 Å². The first-order valence-corrected chi connectivity index (χ1v) is 6.45. The first-order valence-electron chi connectivity index (χ1n) is 6.45. The van der Waals surface area contributed by atoms with E-state index in [1.165, 1.54) is 6.42 Å². The highest BCUT2D eigenvalue weighted by Gasteiger charge is 2.14. The van der Waals surface area contributed by atoms with E-state index in [1.54, 1.807) is 0 Å². The van der Waals surface area contributed by atoms with Crippen molar-refractivity contribution in [3.8, 4) is 11.5 Å². The van der Waals surface area contributed by atoms with Gasteiger partial charge in [0.15, 0.2) is 0 Å². The third-order valence-corrected chi connectivity index (χ3v) is 2.94. The molecule has 18 heavy (non-hydrogen) atoms. The van der Waals surface area contributed by atoms with Gasteiger partial charge in [-0.3, -0.25) is 0 Å². The second-order valence-electron chi connectivity index (χ2n) is 4.49. The zero-order valence-corrected chi connectivity index (χ0v) is 11.7. The molecule has 0 amide bonds. The molecule has 1 N–H and O–H groups in total. The summed E-state index contributed by atoms with van der Waals surface area (Å²) in [6.07, 6.45) is 2.25. The van der Waals surface area contributed by atoms with Crippen LogP contribution in [0.25, 0.3) is 0 Å². The van der Waals surface area contributed by atoms with Gasteiger partial charge in [0.1, 0.15) is 11.5 Å². The normalized spacial score (nSPS) is 18.2. The van der Waals surface area contributed by atoms with E-state index in [-0.39, 0.29) is 12.4 Å². The van der Waals surface area contributed by atoms with Gasteiger partial charge in [0, 0.05) is 12.5 Å². The Bertz CT molecular complexity index is 323. The molecule has 1 unspecified atom stereocenters. The predicted octanol–water partition coefficient (Wildman–Crippen LogP) is 2.89. The van der Waals surface area contributed by atoms with Crippen molar-refractivity contribution in [3.05, 3.63) is 24.3 Å². The molecule has 102 valence electrons. The SMILES string of the molecule is CCCOc1ccc(OCC2CCNC2)cc1.Cl. The van der Waals surface area contributed by atoms with Crippen LogP contribution in [0.15, 0.2) is 24.3 Å². The molecule has 3 nitrogen and oxygen atoms in total. The molecule has 0 aromatic heterocycles. The zero-order chi connectivity index (χ0) is 11.9. The lowest BCUT2D eigenvalue weighted by atomic mass is 10.1. The number of nitrogens with one attached hydrogen (secondary N) is 1. The molecule has 0 aliphatic carbocycles. The molecule has 1 atom stereocenters. The molecule has 1 aliphatic heterocycles. The maximum Gasteiger partial charge on any atom is 0.119 e. The fraction of sp³-hybridized carbons (Fsp3) is 0.571. The summed E-state index contributed by atoms with van der Waals surface area (Å²) in [5, 5.41) is 3.34. The van der Waals surface area contributed by atoms with Crippen molar-refractivity contribution in [3.63, 3.8) is 0 Å². The third kappa shape index (κ3) is 4.75. The second-order valence-corrected chi connectivity index (χ2v) is 4.49. The number of benzene rings is 1. The summed E-state index contributed by atoms with van der Waals surface area (Å²) in [4.78, 5) is 0. The summed E-state index contributed by atoms with van der Waals surface area (Å²) >= 11 is 0. The Morgan fingerprint density at radius 3 is 2.39 bits per heavy atom. The van der Waals surface area contributed by atoms with Crippen molar-refractivity contribution < 1.29 is 9.47 Å². The maximum atomic E-state index is 5.75. The van der Waals surface area contributed by atoms with E-state index in [1.807, 2.05) is 24.3 Å². The molecular weight excluding hydrogens is 250 g/mol. The summed E-state index contributed by atoms with van der Waals surface area (Å²) in [5.74, 6) is 2.51. The van der Waals surface area contributed by atoms with Gasteiger partial charge in [-0.05, 0) is 43.7 Å². The number of hydrogen-bond acceptors (Lipinski definition) is 3. The lowest BCUT2D eigenvalue weighted by molar-refractivity contribution is 0.259. The van der Waals surface area contributed by atoms with Crippen molar-refractivity contribution >= 4 is 12.4 Å². The Morgan fingerprint density at radius 1 is 1.17 bits per heavy atom. The Labute approximate surface area is 115 Å². The Balaban J connectivity index is 0.00000162. The molecule has 0 radical (unpaired) electrons. The largest absolute Gasteiger partial charge is 0.494 e. The van der Waals surface area contributed by atoms with Gasteiger partial charge in [0.2, 0.25) is 0 Å². The minimum Gasteiger partial charge on any atom is -0.494 e. The van der Waals surface area contributed by atoms with Crippen LogP contribution in [-0.4, -0.2) is 26.3 Å². The summed E-state index contributed by atoms with van der Waals surface area (Å²) < 4.78 is 11.3. The Hall–Kier alpha value is -0.930. The molecule has 2 rings (SSSR count). The summed E-state index contributed by atoms with van der Waals surface area (Å²) in [5.41, 5.74) is 0. The first-order chi connectivity index (χ1) is 8.38. The first kappa shape index (κ1) is 15.1. The Kier molecular flexibility index (Phi) is 6.91. The molecule has 0 spiro atoms. The number of rotatable bonds is 6. The molecule has 4 heteroatoms. The van der Waals surface area contributed by atoms with E-state index >= 15 is 0 Å². The lowest BCUT2D eigenvalue weighted by Crippen LogP contribution is -2.15. The molecular formula is C14H22ClNO2. The fourth-order valence-electron chi connectivity index (χ4n) is 1.92. The number of halogens is 1. The monoisotopic (exact) mass is 271 g/mol. The van der Waals surface area contributed by atoms with E-state index in [0.29, 0.717) is 5.92 Å². The van der Waals surface area contributed by atoms with Crippen molar-refractivity contribution in [2.45, 2.75) is 19.8 Å². The van der Waals surface area contributed by atoms with E-state index in [2.05, 4.69) is 12.2 Å². The minimum atomic E-state index is 0. The quantitative estimate of drug-likeness (QED) is 0.863. The average Bonchev–Trinajstić information content (AvgIpc) is 2.88. The summed E-state index contributed by atoms with van der Waals surface area (Å²) in [6.45, 7) is 5.89. The summed E-state index contributed by atoms with van der Waals surface area (Å²) in [6, 6.07) is 7.90. The van der Waals surface area contributed by atoms with Crippen LogP contribution in [0.3, 0.4) is 0 Å². The van der Waals surface area contributed by atoms with Crippen LogP contribution in [0, 0.1) is 5.92 Å². The van der Waals surface area contributed by atoms with Crippen LogP contribution in [-0.2, 0) is 0 Å². The highest BCUT2D eigenvalue weighted by molar-refractivity contribution is 5.85. The van der Waals surface area contributed by atoms with Crippen LogP contribution < -0.4 is 14.8 Å². The molecule has 1 aliphatic rings. The highest BCUT2D eigenvalue weighted by atomic mass is 35.5. The summed E-state index contributed by atoms with van der Waals surface area (Å²) in [7, 11) is 0. The van der Waals surface area contributed by atoms with Crippen LogP contribution in [0.1, 0.15) is 19.8 Å². The number of ether oxygens (including phenoxy) is 2. The van der Waals surface area contributed by atoms with Gasteiger partial charge in [-0.1, -0.05) is 6.92 Å². The molecule has 1 aromatic rings. The maximum absolute atomic E-state index is 5.75. The highest BCUT2D eigenvalue weighted by Crippen LogP contribution is 2.19. The van der Waals surface area contributed by atoms with Crippen LogP contribution in [0.4, 0.5) is 0 Å². The lowest BCUT2D eigenvalue weighted by Gasteiger charge is -2.11. The topological polar surface area (TPSA) is 30.5 Å². The smallest absolute Gasteiger partial charge is 0.119 e. The van der Waals surface area contributed by atoms with Crippen molar-refractivity contribution in [2.75, 3.05) is 26.3 Å². The Morgan fingerprint density at radius 2 is 1.83 bits per heavy atom.